The molecule has 1 atom stereocenters. The Hall–Kier alpha value is -1.10. The van der Waals surface area contributed by atoms with E-state index in [1.54, 1.807) is 7.11 Å². The third kappa shape index (κ3) is 3.43. The molecular weight excluding hydrogens is 216 g/mol. The quantitative estimate of drug-likeness (QED) is 0.588. The largest absolute Gasteiger partial charge is 0.497 e. The Morgan fingerprint density at radius 1 is 1.41 bits per heavy atom. The van der Waals surface area contributed by atoms with E-state index in [0.717, 1.165) is 11.3 Å². The van der Waals surface area contributed by atoms with E-state index in [2.05, 4.69) is 5.43 Å². The molecule has 0 radical (unpaired) electrons. The summed E-state index contributed by atoms with van der Waals surface area (Å²) in [5.41, 5.74) is 3.48. The summed E-state index contributed by atoms with van der Waals surface area (Å²) in [5, 5.41) is 0. The molecule has 0 saturated heterocycles. The lowest BCUT2D eigenvalue weighted by molar-refractivity contribution is -0.0393. The number of hydrazine groups is 1. The number of hydrogen-bond acceptors (Lipinski definition) is 4. The average molecular weight is 238 g/mol. The molecule has 17 heavy (non-hydrogen) atoms. The van der Waals surface area contributed by atoms with E-state index in [1.807, 2.05) is 45.0 Å². The summed E-state index contributed by atoms with van der Waals surface area (Å²) in [6.45, 7) is 6.65. The zero-order chi connectivity index (χ0) is 12.9. The number of methoxy groups -OCH3 is 1. The summed E-state index contributed by atoms with van der Waals surface area (Å²) >= 11 is 0. The fourth-order valence-electron chi connectivity index (χ4n) is 1.97. The predicted octanol–water partition coefficient (Wildman–Crippen LogP) is 2.01. The van der Waals surface area contributed by atoms with Crippen LogP contribution in [-0.2, 0) is 4.74 Å². The van der Waals surface area contributed by atoms with Crippen molar-refractivity contribution in [3.8, 4) is 5.75 Å². The van der Waals surface area contributed by atoms with Gasteiger partial charge in [-0.05, 0) is 38.5 Å². The number of ether oxygens (including phenoxy) is 2. The standard InChI is InChI=1S/C13H22N2O2/c1-5-17-13(2,3)12(15-14)10-7-6-8-11(9-10)16-4/h6-9,12,15H,5,14H2,1-4H3. The van der Waals surface area contributed by atoms with E-state index in [1.165, 1.54) is 0 Å². The van der Waals surface area contributed by atoms with Crippen LogP contribution >= 0.6 is 0 Å². The van der Waals surface area contributed by atoms with Crippen molar-refractivity contribution in [2.24, 2.45) is 5.84 Å². The Morgan fingerprint density at radius 2 is 2.12 bits per heavy atom. The van der Waals surface area contributed by atoms with Crippen molar-refractivity contribution in [1.29, 1.82) is 0 Å². The van der Waals surface area contributed by atoms with Gasteiger partial charge in [0.25, 0.3) is 0 Å². The summed E-state index contributed by atoms with van der Waals surface area (Å²) in [4.78, 5) is 0. The molecule has 96 valence electrons. The number of rotatable bonds is 6. The van der Waals surface area contributed by atoms with Crippen LogP contribution in [0.4, 0.5) is 0 Å². The Morgan fingerprint density at radius 3 is 2.65 bits per heavy atom. The lowest BCUT2D eigenvalue weighted by Gasteiger charge is -2.34. The molecule has 4 nitrogen and oxygen atoms in total. The van der Waals surface area contributed by atoms with Crippen molar-refractivity contribution in [3.05, 3.63) is 29.8 Å². The SMILES string of the molecule is CCOC(C)(C)C(NN)c1cccc(OC)c1. The first kappa shape index (κ1) is 14.0. The number of nitrogens with one attached hydrogen (secondary N) is 1. The van der Waals surface area contributed by atoms with Crippen LogP contribution in [0, 0.1) is 0 Å². The van der Waals surface area contributed by atoms with Gasteiger partial charge in [0, 0.05) is 6.61 Å². The number of hydrogen-bond donors (Lipinski definition) is 2. The van der Waals surface area contributed by atoms with Gasteiger partial charge >= 0.3 is 0 Å². The fraction of sp³-hybridized carbons (Fsp3) is 0.538. The fourth-order valence-corrected chi connectivity index (χ4v) is 1.97. The van der Waals surface area contributed by atoms with Gasteiger partial charge in [-0.15, -0.1) is 0 Å². The van der Waals surface area contributed by atoms with Crippen molar-refractivity contribution in [1.82, 2.24) is 5.43 Å². The molecule has 0 spiro atoms. The Balaban J connectivity index is 3.00. The predicted molar refractivity (Wildman–Crippen MR) is 68.8 cm³/mol. The number of benzene rings is 1. The molecule has 0 aliphatic carbocycles. The molecule has 0 heterocycles. The zero-order valence-corrected chi connectivity index (χ0v) is 11.0. The maximum Gasteiger partial charge on any atom is 0.119 e. The second-order valence-corrected chi connectivity index (χ2v) is 4.41. The molecule has 4 heteroatoms. The highest BCUT2D eigenvalue weighted by Gasteiger charge is 2.30. The second-order valence-electron chi connectivity index (χ2n) is 4.41. The Bertz CT molecular complexity index is 353. The molecule has 1 rings (SSSR count). The third-order valence-corrected chi connectivity index (χ3v) is 2.81. The van der Waals surface area contributed by atoms with Crippen molar-refractivity contribution in [2.45, 2.75) is 32.4 Å². The molecule has 0 amide bonds. The highest BCUT2D eigenvalue weighted by molar-refractivity contribution is 5.31. The minimum Gasteiger partial charge on any atom is -0.497 e. The van der Waals surface area contributed by atoms with E-state index < -0.39 is 0 Å². The maximum atomic E-state index is 5.73. The summed E-state index contributed by atoms with van der Waals surface area (Å²) in [7, 11) is 1.65. The van der Waals surface area contributed by atoms with Crippen LogP contribution in [0.15, 0.2) is 24.3 Å². The van der Waals surface area contributed by atoms with Gasteiger partial charge in [0.1, 0.15) is 5.75 Å². The minimum absolute atomic E-state index is 0.0856. The van der Waals surface area contributed by atoms with Crippen molar-refractivity contribution >= 4 is 0 Å². The molecule has 0 bridgehead atoms. The van der Waals surface area contributed by atoms with Gasteiger partial charge in [0.05, 0.1) is 18.8 Å². The van der Waals surface area contributed by atoms with E-state index in [4.69, 9.17) is 15.3 Å². The Kier molecular flexibility index (Phi) is 4.93. The first-order valence-corrected chi connectivity index (χ1v) is 5.79. The molecule has 1 unspecified atom stereocenters. The molecule has 0 aliphatic heterocycles. The maximum absolute atomic E-state index is 5.73. The molecule has 3 N–H and O–H groups in total. The first-order chi connectivity index (χ1) is 8.05. The monoisotopic (exact) mass is 238 g/mol. The lowest BCUT2D eigenvalue weighted by Crippen LogP contribution is -2.44. The highest BCUT2D eigenvalue weighted by Crippen LogP contribution is 2.30. The van der Waals surface area contributed by atoms with Gasteiger partial charge in [0.2, 0.25) is 0 Å². The van der Waals surface area contributed by atoms with Crippen LogP contribution in [0.5, 0.6) is 5.75 Å². The van der Waals surface area contributed by atoms with Crippen LogP contribution in [0.2, 0.25) is 0 Å². The molecule has 1 aromatic rings. The lowest BCUT2D eigenvalue weighted by atomic mass is 9.92. The van der Waals surface area contributed by atoms with Crippen LogP contribution < -0.4 is 16.0 Å². The third-order valence-electron chi connectivity index (χ3n) is 2.81. The van der Waals surface area contributed by atoms with E-state index in [9.17, 15) is 0 Å². The van der Waals surface area contributed by atoms with Crippen LogP contribution in [-0.4, -0.2) is 19.3 Å². The van der Waals surface area contributed by atoms with Crippen LogP contribution in [0.25, 0.3) is 0 Å². The topological polar surface area (TPSA) is 56.5 Å². The van der Waals surface area contributed by atoms with Gasteiger partial charge in [-0.2, -0.15) is 0 Å². The average Bonchev–Trinajstić information content (AvgIpc) is 2.29. The van der Waals surface area contributed by atoms with Gasteiger partial charge in [-0.3, -0.25) is 11.3 Å². The van der Waals surface area contributed by atoms with Gasteiger partial charge in [0.15, 0.2) is 0 Å². The molecule has 0 saturated carbocycles. The summed E-state index contributed by atoms with van der Waals surface area (Å²) in [5.74, 6) is 6.46. The molecule has 0 aliphatic rings. The molecule has 1 aromatic carbocycles. The van der Waals surface area contributed by atoms with Gasteiger partial charge < -0.3 is 9.47 Å². The highest BCUT2D eigenvalue weighted by atomic mass is 16.5. The summed E-state index contributed by atoms with van der Waals surface area (Å²) in [6, 6.07) is 7.74. The van der Waals surface area contributed by atoms with E-state index in [0.29, 0.717) is 6.61 Å². The van der Waals surface area contributed by atoms with Gasteiger partial charge in [-0.1, -0.05) is 12.1 Å². The summed E-state index contributed by atoms with van der Waals surface area (Å²) < 4.78 is 10.9. The number of nitrogens with two attached hydrogens (primary N) is 1. The second kappa shape index (κ2) is 6.00. The molecule has 0 fully saturated rings. The van der Waals surface area contributed by atoms with Crippen molar-refractivity contribution in [2.75, 3.05) is 13.7 Å². The van der Waals surface area contributed by atoms with Crippen LogP contribution in [0.1, 0.15) is 32.4 Å². The van der Waals surface area contributed by atoms with Gasteiger partial charge in [-0.25, -0.2) is 0 Å². The van der Waals surface area contributed by atoms with Crippen molar-refractivity contribution in [3.63, 3.8) is 0 Å². The summed E-state index contributed by atoms with van der Waals surface area (Å²) in [6.07, 6.45) is 0. The van der Waals surface area contributed by atoms with E-state index >= 15 is 0 Å². The Labute approximate surface area is 103 Å². The normalized spacial score (nSPS) is 13.5. The van der Waals surface area contributed by atoms with Crippen molar-refractivity contribution < 1.29 is 9.47 Å². The molecular formula is C13H22N2O2. The zero-order valence-electron chi connectivity index (χ0n) is 11.0. The minimum atomic E-state index is -0.379. The molecule has 0 aromatic heterocycles. The van der Waals surface area contributed by atoms with E-state index in [-0.39, 0.29) is 11.6 Å². The smallest absolute Gasteiger partial charge is 0.119 e. The van der Waals surface area contributed by atoms with Crippen LogP contribution in [0.3, 0.4) is 0 Å². The first-order valence-electron chi connectivity index (χ1n) is 5.79.